The van der Waals surface area contributed by atoms with Crippen molar-refractivity contribution < 1.29 is 14.7 Å². The summed E-state index contributed by atoms with van der Waals surface area (Å²) in [5.74, 6) is -0.831. The highest BCUT2D eigenvalue weighted by Crippen LogP contribution is 2.30. The van der Waals surface area contributed by atoms with Gasteiger partial charge in [-0.15, -0.1) is 0 Å². The third-order valence-electron chi connectivity index (χ3n) is 5.76. The summed E-state index contributed by atoms with van der Waals surface area (Å²) in [6.45, 7) is 1.02. The van der Waals surface area contributed by atoms with Crippen LogP contribution in [-0.4, -0.2) is 44.7 Å². The van der Waals surface area contributed by atoms with E-state index in [1.54, 1.807) is 35.0 Å². The highest BCUT2D eigenvalue weighted by Gasteiger charge is 2.30. The van der Waals surface area contributed by atoms with E-state index in [4.69, 9.17) is 5.73 Å². The van der Waals surface area contributed by atoms with Gasteiger partial charge in [-0.05, 0) is 42.5 Å². The predicted molar refractivity (Wildman–Crippen MR) is 117 cm³/mol. The fourth-order valence-corrected chi connectivity index (χ4v) is 4.25. The molecule has 1 aliphatic rings. The summed E-state index contributed by atoms with van der Waals surface area (Å²) in [4.78, 5) is 26.8. The molecule has 0 radical (unpaired) electrons. The van der Waals surface area contributed by atoms with Crippen molar-refractivity contribution in [2.45, 2.75) is 25.2 Å². The number of aromatic hydroxyl groups is 1. The number of carbonyl (C=O) groups excluding carboxylic acids is 2. The number of amides is 2. The van der Waals surface area contributed by atoms with Crippen molar-refractivity contribution >= 4 is 11.8 Å². The topological polar surface area (TPSA) is 101 Å². The van der Waals surface area contributed by atoms with E-state index in [1.165, 1.54) is 0 Å². The molecule has 1 atom stereocenters. The Labute approximate surface area is 181 Å². The summed E-state index contributed by atoms with van der Waals surface area (Å²) in [6.07, 6.45) is 3.91. The maximum atomic E-state index is 13.3. The zero-order valence-electron chi connectivity index (χ0n) is 17.5. The first-order valence-electron chi connectivity index (χ1n) is 10.4. The van der Waals surface area contributed by atoms with E-state index in [2.05, 4.69) is 5.10 Å². The summed E-state index contributed by atoms with van der Waals surface area (Å²) < 4.78 is 1.58. The number of hydrogen-bond acceptors (Lipinski definition) is 4. The molecule has 3 aromatic rings. The summed E-state index contributed by atoms with van der Waals surface area (Å²) in [6, 6.07) is 15.2. The fourth-order valence-electron chi connectivity index (χ4n) is 4.25. The minimum Gasteiger partial charge on any atom is -0.507 e. The second kappa shape index (κ2) is 8.63. The number of likely N-dealkylation sites (tertiary alicyclic amines) is 1. The molecule has 7 heteroatoms. The normalized spacial score (nSPS) is 16.3. The van der Waals surface area contributed by atoms with Crippen molar-refractivity contribution in [2.24, 2.45) is 12.8 Å². The van der Waals surface area contributed by atoms with Gasteiger partial charge in [0.25, 0.3) is 11.8 Å². The number of nitrogens with zero attached hydrogens (tertiary/aromatic N) is 3. The number of carbonyl (C=O) groups is 2. The first-order chi connectivity index (χ1) is 14.9. The molecule has 0 spiro atoms. The molecule has 160 valence electrons. The largest absolute Gasteiger partial charge is 0.507 e. The number of benzene rings is 2. The van der Waals surface area contributed by atoms with E-state index >= 15 is 0 Å². The smallest absolute Gasteiger partial charge is 0.257 e. The van der Waals surface area contributed by atoms with Gasteiger partial charge in [-0.3, -0.25) is 14.3 Å². The van der Waals surface area contributed by atoms with Gasteiger partial charge in [-0.1, -0.05) is 36.4 Å². The molecule has 1 saturated heterocycles. The van der Waals surface area contributed by atoms with Crippen LogP contribution in [0.1, 0.15) is 56.3 Å². The van der Waals surface area contributed by atoms with Crippen LogP contribution in [0.2, 0.25) is 0 Å². The molecule has 31 heavy (non-hydrogen) atoms. The average molecular weight is 418 g/mol. The van der Waals surface area contributed by atoms with Crippen LogP contribution in [0, 0.1) is 0 Å². The van der Waals surface area contributed by atoms with Crippen LogP contribution < -0.4 is 5.73 Å². The minimum absolute atomic E-state index is 0.0282. The molecule has 3 N–H and O–H groups in total. The van der Waals surface area contributed by atoms with Crippen LogP contribution in [0.4, 0.5) is 0 Å². The van der Waals surface area contributed by atoms with E-state index < -0.39 is 5.91 Å². The van der Waals surface area contributed by atoms with E-state index in [0.717, 1.165) is 24.0 Å². The first-order valence-corrected chi connectivity index (χ1v) is 10.4. The molecular formula is C24H26N4O3. The third kappa shape index (κ3) is 4.45. The monoisotopic (exact) mass is 418 g/mol. The fraction of sp³-hybridized carbons (Fsp3) is 0.292. The minimum atomic E-state index is -0.516. The van der Waals surface area contributed by atoms with Crippen molar-refractivity contribution in [1.82, 2.24) is 14.7 Å². The van der Waals surface area contributed by atoms with Crippen molar-refractivity contribution in [1.29, 1.82) is 0 Å². The molecule has 0 aliphatic carbocycles. The maximum Gasteiger partial charge on any atom is 0.257 e. The number of nitrogens with two attached hydrogens (primary N) is 1. The lowest BCUT2D eigenvalue weighted by molar-refractivity contribution is 0.0702. The van der Waals surface area contributed by atoms with Gasteiger partial charge in [0.05, 0.1) is 16.8 Å². The Bertz CT molecular complexity index is 1110. The molecule has 2 amide bonds. The average Bonchev–Trinajstić information content (AvgIpc) is 3.17. The Morgan fingerprint density at radius 1 is 1.13 bits per heavy atom. The van der Waals surface area contributed by atoms with Crippen LogP contribution in [-0.2, 0) is 13.5 Å². The molecule has 0 saturated carbocycles. The zero-order valence-corrected chi connectivity index (χ0v) is 17.5. The standard InChI is InChI=1S/C24H26N4O3/c1-27-15-20(23(25)30)22(26-27)18-8-5-11-28(14-18)24(31)19-13-17(9-10-21(19)29)12-16-6-3-2-4-7-16/h2-4,6-7,9-10,13,15,18,29H,5,8,11-12,14H2,1H3,(H2,25,30). The number of phenolic OH excluding ortho intramolecular Hbond substituents is 1. The molecule has 2 aromatic carbocycles. The van der Waals surface area contributed by atoms with Gasteiger partial charge in [0.1, 0.15) is 5.75 Å². The number of rotatable bonds is 5. The number of phenols is 1. The molecule has 7 nitrogen and oxygen atoms in total. The Morgan fingerprint density at radius 3 is 2.65 bits per heavy atom. The Morgan fingerprint density at radius 2 is 1.90 bits per heavy atom. The molecular weight excluding hydrogens is 392 g/mol. The molecule has 1 aliphatic heterocycles. The van der Waals surface area contributed by atoms with Crippen LogP contribution >= 0.6 is 0 Å². The van der Waals surface area contributed by atoms with Gasteiger partial charge >= 0.3 is 0 Å². The quantitative estimate of drug-likeness (QED) is 0.665. The van der Waals surface area contributed by atoms with Crippen LogP contribution in [0.3, 0.4) is 0 Å². The van der Waals surface area contributed by atoms with E-state index in [1.807, 2.05) is 36.4 Å². The number of aryl methyl sites for hydroxylation is 1. The van der Waals surface area contributed by atoms with Gasteiger partial charge in [-0.25, -0.2) is 0 Å². The summed E-state index contributed by atoms with van der Waals surface area (Å²) in [5, 5.41) is 14.8. The van der Waals surface area contributed by atoms with Gasteiger partial charge in [0, 0.05) is 32.3 Å². The van der Waals surface area contributed by atoms with E-state index in [0.29, 0.717) is 36.3 Å². The molecule has 1 aromatic heterocycles. The Hall–Kier alpha value is -3.61. The van der Waals surface area contributed by atoms with Gasteiger partial charge in [0.2, 0.25) is 0 Å². The Balaban J connectivity index is 1.55. The molecule has 0 bridgehead atoms. The second-order valence-electron chi connectivity index (χ2n) is 8.07. The van der Waals surface area contributed by atoms with E-state index in [-0.39, 0.29) is 17.6 Å². The molecule has 4 rings (SSSR count). The highest BCUT2D eigenvalue weighted by molar-refractivity contribution is 5.97. The lowest BCUT2D eigenvalue weighted by Gasteiger charge is -2.32. The zero-order chi connectivity index (χ0) is 22.0. The van der Waals surface area contributed by atoms with Crippen LogP contribution in [0.15, 0.2) is 54.7 Å². The van der Waals surface area contributed by atoms with Crippen LogP contribution in [0.25, 0.3) is 0 Å². The maximum absolute atomic E-state index is 13.3. The van der Waals surface area contributed by atoms with E-state index in [9.17, 15) is 14.7 Å². The second-order valence-corrected chi connectivity index (χ2v) is 8.07. The van der Waals surface area contributed by atoms with Gasteiger partial charge in [0.15, 0.2) is 0 Å². The van der Waals surface area contributed by atoms with Crippen molar-refractivity contribution in [3.05, 3.63) is 82.7 Å². The molecule has 2 heterocycles. The van der Waals surface area contributed by atoms with Crippen LogP contribution in [0.5, 0.6) is 5.75 Å². The summed E-state index contributed by atoms with van der Waals surface area (Å²) in [5.41, 5.74) is 8.94. The number of hydrogen-bond donors (Lipinski definition) is 2. The predicted octanol–water partition coefficient (Wildman–Crippen LogP) is 2.84. The summed E-state index contributed by atoms with van der Waals surface area (Å²) in [7, 11) is 1.75. The van der Waals surface area contributed by atoms with Crippen molar-refractivity contribution in [3.8, 4) is 5.75 Å². The lowest BCUT2D eigenvalue weighted by atomic mass is 9.91. The van der Waals surface area contributed by atoms with Crippen molar-refractivity contribution in [3.63, 3.8) is 0 Å². The highest BCUT2D eigenvalue weighted by atomic mass is 16.3. The van der Waals surface area contributed by atoms with Crippen molar-refractivity contribution in [2.75, 3.05) is 13.1 Å². The third-order valence-corrected chi connectivity index (χ3v) is 5.76. The SMILES string of the molecule is Cn1cc(C(N)=O)c(C2CCCN(C(=O)c3cc(Cc4ccccc4)ccc3O)C2)n1. The number of primary amides is 1. The summed E-state index contributed by atoms with van der Waals surface area (Å²) >= 11 is 0. The number of aromatic nitrogens is 2. The Kier molecular flexibility index (Phi) is 5.75. The lowest BCUT2D eigenvalue weighted by Crippen LogP contribution is -2.39. The molecule has 1 fully saturated rings. The van der Waals surface area contributed by atoms with Gasteiger partial charge < -0.3 is 15.7 Å². The molecule has 1 unspecified atom stereocenters. The first kappa shape index (κ1) is 20.7. The number of piperidine rings is 1. The van der Waals surface area contributed by atoms with Gasteiger partial charge in [-0.2, -0.15) is 5.10 Å².